The van der Waals surface area contributed by atoms with Crippen LogP contribution in [0.5, 0.6) is 0 Å². The van der Waals surface area contributed by atoms with Crippen molar-refractivity contribution in [2.45, 2.75) is 12.1 Å². The summed E-state index contributed by atoms with van der Waals surface area (Å²) in [4.78, 5) is 11.8. The Labute approximate surface area is 116 Å². The molecular formula is C12H17ClN4O2. The molecular weight excluding hydrogens is 268 g/mol. The second-order valence-electron chi connectivity index (χ2n) is 4.23. The second-order valence-corrected chi connectivity index (χ2v) is 4.66. The maximum atomic E-state index is 11.8. The molecule has 104 valence electrons. The summed E-state index contributed by atoms with van der Waals surface area (Å²) < 4.78 is 5.38. The fraction of sp³-hybridized carbons (Fsp3) is 0.417. The summed E-state index contributed by atoms with van der Waals surface area (Å²) in [6.45, 7) is 0.939. The number of methoxy groups -OCH3 is 1. The summed E-state index contributed by atoms with van der Waals surface area (Å²) >= 11 is 5.94. The molecule has 7 heteroatoms. The lowest BCUT2D eigenvalue weighted by molar-refractivity contribution is -0.123. The highest BCUT2D eigenvalue weighted by molar-refractivity contribution is 6.30. The van der Waals surface area contributed by atoms with Gasteiger partial charge in [0.15, 0.2) is 0 Å². The number of benzene rings is 1. The zero-order valence-corrected chi connectivity index (χ0v) is 11.3. The van der Waals surface area contributed by atoms with E-state index >= 15 is 0 Å². The Morgan fingerprint density at radius 1 is 1.63 bits per heavy atom. The van der Waals surface area contributed by atoms with Gasteiger partial charge in [-0.05, 0) is 17.7 Å². The van der Waals surface area contributed by atoms with Crippen LogP contribution in [0.4, 0.5) is 0 Å². The largest absolute Gasteiger partial charge is 0.375 e. The molecule has 0 saturated carbocycles. The van der Waals surface area contributed by atoms with Crippen molar-refractivity contribution < 1.29 is 9.53 Å². The predicted molar refractivity (Wildman–Crippen MR) is 72.3 cm³/mol. The van der Waals surface area contributed by atoms with E-state index in [0.717, 1.165) is 5.56 Å². The summed E-state index contributed by atoms with van der Waals surface area (Å²) in [6.07, 6.45) is -0.218. The van der Waals surface area contributed by atoms with Crippen molar-refractivity contribution in [2.75, 3.05) is 20.2 Å². The van der Waals surface area contributed by atoms with Gasteiger partial charge in [0.05, 0.1) is 6.10 Å². The van der Waals surface area contributed by atoms with Gasteiger partial charge in [-0.25, -0.2) is 10.9 Å². The van der Waals surface area contributed by atoms with Gasteiger partial charge in [0.1, 0.15) is 6.04 Å². The molecule has 2 atom stereocenters. The van der Waals surface area contributed by atoms with Gasteiger partial charge in [0.2, 0.25) is 5.91 Å². The average molecular weight is 285 g/mol. The molecule has 2 rings (SSSR count). The lowest BCUT2D eigenvalue weighted by Gasteiger charge is -2.18. The maximum absolute atomic E-state index is 11.8. The first kappa shape index (κ1) is 14.2. The molecule has 1 aromatic rings. The van der Waals surface area contributed by atoms with E-state index in [1.54, 1.807) is 13.2 Å². The van der Waals surface area contributed by atoms with Crippen molar-refractivity contribution >= 4 is 17.5 Å². The molecule has 1 aliphatic rings. The van der Waals surface area contributed by atoms with Gasteiger partial charge >= 0.3 is 0 Å². The van der Waals surface area contributed by atoms with Gasteiger partial charge in [-0.15, -0.1) is 0 Å². The first-order valence-electron chi connectivity index (χ1n) is 6.00. The van der Waals surface area contributed by atoms with Crippen LogP contribution >= 0.6 is 11.6 Å². The van der Waals surface area contributed by atoms with Crippen molar-refractivity contribution in [1.82, 2.24) is 21.7 Å². The number of carbonyl (C=O) groups is 1. The van der Waals surface area contributed by atoms with Crippen LogP contribution in [-0.2, 0) is 9.53 Å². The summed E-state index contributed by atoms with van der Waals surface area (Å²) in [7, 11) is 1.61. The average Bonchev–Trinajstić information content (AvgIpc) is 2.93. The highest BCUT2D eigenvalue weighted by Crippen LogP contribution is 2.19. The van der Waals surface area contributed by atoms with Crippen LogP contribution in [0.15, 0.2) is 24.3 Å². The number of ether oxygens (including phenoxy) is 1. The van der Waals surface area contributed by atoms with Crippen LogP contribution < -0.4 is 21.7 Å². The SMILES string of the molecule is COC(CNC(=O)C1CNNN1)c1cccc(Cl)c1. The normalized spacial score (nSPS) is 20.2. The molecule has 1 amide bonds. The molecule has 4 N–H and O–H groups in total. The van der Waals surface area contributed by atoms with Gasteiger partial charge in [0, 0.05) is 25.2 Å². The molecule has 19 heavy (non-hydrogen) atoms. The Morgan fingerprint density at radius 2 is 2.47 bits per heavy atom. The van der Waals surface area contributed by atoms with E-state index in [0.29, 0.717) is 18.1 Å². The third-order valence-electron chi connectivity index (χ3n) is 2.92. The van der Waals surface area contributed by atoms with Crippen molar-refractivity contribution in [1.29, 1.82) is 0 Å². The molecule has 1 saturated heterocycles. The fourth-order valence-electron chi connectivity index (χ4n) is 1.86. The maximum Gasteiger partial charge on any atom is 0.240 e. The van der Waals surface area contributed by atoms with E-state index < -0.39 is 0 Å². The Balaban J connectivity index is 1.90. The standard InChI is InChI=1S/C12H17ClN4O2/c1-19-11(8-3-2-4-9(13)5-8)7-14-12(18)10-6-15-17-16-10/h2-5,10-11,15-17H,6-7H2,1H3,(H,14,18). The Bertz CT molecular complexity index is 437. The Morgan fingerprint density at radius 3 is 3.11 bits per heavy atom. The predicted octanol–water partition coefficient (Wildman–Crippen LogP) is 0.125. The number of rotatable bonds is 5. The highest BCUT2D eigenvalue weighted by atomic mass is 35.5. The number of carbonyl (C=O) groups excluding carboxylic acids is 1. The first-order chi connectivity index (χ1) is 9.20. The van der Waals surface area contributed by atoms with Crippen molar-refractivity contribution in [3.8, 4) is 0 Å². The molecule has 0 aromatic heterocycles. The number of hydrazine groups is 2. The summed E-state index contributed by atoms with van der Waals surface area (Å²) in [6, 6.07) is 7.13. The van der Waals surface area contributed by atoms with Gasteiger partial charge < -0.3 is 10.1 Å². The number of halogens is 1. The van der Waals surface area contributed by atoms with Gasteiger partial charge in [0.25, 0.3) is 0 Å². The van der Waals surface area contributed by atoms with Gasteiger partial charge in [-0.1, -0.05) is 23.7 Å². The van der Waals surface area contributed by atoms with Gasteiger partial charge in [-0.2, -0.15) is 5.53 Å². The van der Waals surface area contributed by atoms with Crippen LogP contribution in [0.3, 0.4) is 0 Å². The number of hydrogen-bond donors (Lipinski definition) is 4. The summed E-state index contributed by atoms with van der Waals surface area (Å²) in [5.41, 5.74) is 9.26. The molecule has 0 radical (unpaired) electrons. The Kier molecular flexibility index (Phi) is 5.12. The number of hydrogen-bond acceptors (Lipinski definition) is 5. The third kappa shape index (κ3) is 3.89. The van der Waals surface area contributed by atoms with Crippen LogP contribution in [0.1, 0.15) is 11.7 Å². The van der Waals surface area contributed by atoms with Crippen molar-refractivity contribution in [2.24, 2.45) is 0 Å². The lowest BCUT2D eigenvalue weighted by atomic mass is 10.1. The van der Waals surface area contributed by atoms with E-state index in [4.69, 9.17) is 16.3 Å². The monoisotopic (exact) mass is 284 g/mol. The topological polar surface area (TPSA) is 74.4 Å². The van der Waals surface area contributed by atoms with E-state index in [1.807, 2.05) is 18.2 Å². The van der Waals surface area contributed by atoms with E-state index in [-0.39, 0.29) is 18.1 Å². The van der Waals surface area contributed by atoms with Crippen LogP contribution in [0.25, 0.3) is 0 Å². The zero-order chi connectivity index (χ0) is 13.7. The van der Waals surface area contributed by atoms with E-state index in [9.17, 15) is 4.79 Å². The van der Waals surface area contributed by atoms with Crippen LogP contribution in [-0.4, -0.2) is 32.1 Å². The highest BCUT2D eigenvalue weighted by Gasteiger charge is 2.22. The molecule has 6 nitrogen and oxygen atoms in total. The minimum Gasteiger partial charge on any atom is -0.375 e. The molecule has 1 fully saturated rings. The lowest BCUT2D eigenvalue weighted by Crippen LogP contribution is -2.45. The number of amides is 1. The molecule has 1 aliphatic heterocycles. The molecule has 0 aliphatic carbocycles. The van der Waals surface area contributed by atoms with Crippen LogP contribution in [0.2, 0.25) is 5.02 Å². The first-order valence-corrected chi connectivity index (χ1v) is 6.38. The molecule has 2 unspecified atom stereocenters. The third-order valence-corrected chi connectivity index (χ3v) is 3.16. The second kappa shape index (κ2) is 6.83. The van der Waals surface area contributed by atoms with Crippen molar-refractivity contribution in [3.63, 3.8) is 0 Å². The smallest absolute Gasteiger partial charge is 0.240 e. The van der Waals surface area contributed by atoms with E-state index in [1.165, 1.54) is 0 Å². The quantitative estimate of drug-likeness (QED) is 0.618. The summed E-state index contributed by atoms with van der Waals surface area (Å²) in [5.74, 6) is -0.0819. The van der Waals surface area contributed by atoms with Gasteiger partial charge in [-0.3, -0.25) is 4.79 Å². The minimum atomic E-state index is -0.281. The van der Waals surface area contributed by atoms with Crippen LogP contribution in [0, 0.1) is 0 Å². The summed E-state index contributed by atoms with van der Waals surface area (Å²) in [5, 5.41) is 3.49. The molecule has 0 spiro atoms. The molecule has 1 heterocycles. The van der Waals surface area contributed by atoms with Crippen molar-refractivity contribution in [3.05, 3.63) is 34.9 Å². The Hall–Kier alpha value is -1.18. The fourth-order valence-corrected chi connectivity index (χ4v) is 2.06. The number of nitrogens with one attached hydrogen (secondary N) is 4. The van der Waals surface area contributed by atoms with E-state index in [2.05, 4.69) is 21.7 Å². The zero-order valence-electron chi connectivity index (χ0n) is 10.6. The molecule has 0 bridgehead atoms. The minimum absolute atomic E-state index is 0.0819. The molecule has 1 aromatic carbocycles.